The minimum Gasteiger partial charge on any atom is -0.461 e. The number of furan rings is 1. The van der Waals surface area contributed by atoms with E-state index in [0.717, 1.165) is 6.42 Å². The summed E-state index contributed by atoms with van der Waals surface area (Å²) in [6, 6.07) is 3.50. The van der Waals surface area contributed by atoms with Crippen molar-refractivity contribution in [3.63, 3.8) is 0 Å². The second kappa shape index (κ2) is 6.53. The summed E-state index contributed by atoms with van der Waals surface area (Å²) in [4.78, 5) is 12.0. The summed E-state index contributed by atoms with van der Waals surface area (Å²) < 4.78 is 6.48. The van der Waals surface area contributed by atoms with Gasteiger partial charge in [0.15, 0.2) is 5.76 Å². The molecule has 0 aliphatic heterocycles. The summed E-state index contributed by atoms with van der Waals surface area (Å²) in [6.45, 7) is 2.12. The molecule has 2 rings (SSSR count). The first kappa shape index (κ1) is 14.5. The van der Waals surface area contributed by atoms with Crippen molar-refractivity contribution in [2.24, 2.45) is 11.8 Å². The summed E-state index contributed by atoms with van der Waals surface area (Å²) in [7, 11) is 0. The largest absolute Gasteiger partial charge is 0.461 e. The van der Waals surface area contributed by atoms with Crippen LogP contribution in [0.5, 0.6) is 0 Å². The fourth-order valence-electron chi connectivity index (χ4n) is 2.07. The summed E-state index contributed by atoms with van der Waals surface area (Å²) in [5, 5.41) is 0. The molecule has 0 N–H and O–H groups in total. The minimum absolute atomic E-state index is 0.113. The Hall–Kier alpha value is -0.870. The molecule has 4 heteroatoms. The number of allylic oxidation sites excluding steroid dienone is 3. The molecule has 19 heavy (non-hydrogen) atoms. The van der Waals surface area contributed by atoms with Crippen LogP contribution in [0.1, 0.15) is 23.9 Å². The molecule has 2 unspecified atom stereocenters. The number of carbonyl (C=O) groups is 1. The van der Waals surface area contributed by atoms with E-state index < -0.39 is 0 Å². The Labute approximate surface area is 122 Å². The predicted molar refractivity (Wildman–Crippen MR) is 83.5 cm³/mol. The van der Waals surface area contributed by atoms with Crippen LogP contribution in [0.4, 0.5) is 0 Å². The maximum absolute atomic E-state index is 12.0. The Bertz CT molecular complexity index is 494. The number of hydrogen-bond acceptors (Lipinski definition) is 4. The van der Waals surface area contributed by atoms with Gasteiger partial charge in [-0.05, 0) is 49.5 Å². The summed E-state index contributed by atoms with van der Waals surface area (Å²) >= 11 is 3.53. The van der Waals surface area contributed by atoms with Gasteiger partial charge >= 0.3 is 0 Å². The summed E-state index contributed by atoms with van der Waals surface area (Å²) in [6.07, 6.45) is 11.0. The zero-order chi connectivity index (χ0) is 13.8. The van der Waals surface area contributed by atoms with E-state index in [2.05, 4.69) is 31.6 Å². The average molecular weight is 294 g/mol. The molecule has 0 amide bonds. The van der Waals surface area contributed by atoms with Crippen LogP contribution >= 0.6 is 23.5 Å². The van der Waals surface area contributed by atoms with Crippen molar-refractivity contribution >= 4 is 29.3 Å². The van der Waals surface area contributed by atoms with Gasteiger partial charge in [-0.3, -0.25) is 4.79 Å². The maximum atomic E-state index is 12.0. The lowest BCUT2D eigenvalue weighted by atomic mass is 10.1. The van der Waals surface area contributed by atoms with Gasteiger partial charge in [-0.25, -0.2) is 0 Å². The van der Waals surface area contributed by atoms with E-state index in [4.69, 9.17) is 4.42 Å². The van der Waals surface area contributed by atoms with E-state index in [-0.39, 0.29) is 11.7 Å². The van der Waals surface area contributed by atoms with Crippen LogP contribution in [0, 0.1) is 11.8 Å². The molecule has 1 heterocycles. The van der Waals surface area contributed by atoms with Crippen LogP contribution in [0.25, 0.3) is 0 Å². The zero-order valence-electron chi connectivity index (χ0n) is 11.4. The first-order valence-corrected chi connectivity index (χ1v) is 8.67. The molecule has 0 spiro atoms. The quantitative estimate of drug-likeness (QED) is 0.566. The molecule has 1 saturated carbocycles. The van der Waals surface area contributed by atoms with Crippen molar-refractivity contribution in [3.05, 3.63) is 46.1 Å². The van der Waals surface area contributed by atoms with Crippen LogP contribution in [0.15, 0.2) is 44.8 Å². The van der Waals surface area contributed by atoms with E-state index in [0.29, 0.717) is 11.7 Å². The average Bonchev–Trinajstić information content (AvgIpc) is 2.98. The van der Waals surface area contributed by atoms with Gasteiger partial charge in [0.25, 0.3) is 0 Å². The zero-order valence-corrected chi connectivity index (χ0v) is 13.0. The number of rotatable bonds is 6. The highest BCUT2D eigenvalue weighted by atomic mass is 32.2. The smallest absolute Gasteiger partial charge is 0.201 e. The Kier molecular flexibility index (Phi) is 4.99. The maximum Gasteiger partial charge on any atom is 0.201 e. The molecule has 1 fully saturated rings. The van der Waals surface area contributed by atoms with Crippen LogP contribution in [-0.2, 0) is 0 Å². The summed E-state index contributed by atoms with van der Waals surface area (Å²) in [5.74, 6) is 1.11. The Morgan fingerprint density at radius 3 is 2.74 bits per heavy atom. The molecular formula is C15H18O2S2. The Morgan fingerprint density at radius 2 is 2.16 bits per heavy atom. The van der Waals surface area contributed by atoms with Crippen molar-refractivity contribution in [2.45, 2.75) is 13.3 Å². The van der Waals surface area contributed by atoms with E-state index in [1.54, 1.807) is 41.9 Å². The third-order valence-electron chi connectivity index (χ3n) is 3.23. The first-order chi connectivity index (χ1) is 9.17. The van der Waals surface area contributed by atoms with Gasteiger partial charge < -0.3 is 4.42 Å². The van der Waals surface area contributed by atoms with Gasteiger partial charge in [-0.15, -0.1) is 23.5 Å². The third kappa shape index (κ3) is 3.57. The van der Waals surface area contributed by atoms with Gasteiger partial charge in [0.05, 0.1) is 6.26 Å². The van der Waals surface area contributed by atoms with E-state index in [9.17, 15) is 4.79 Å². The van der Waals surface area contributed by atoms with E-state index in [1.807, 2.05) is 0 Å². The second-order valence-electron chi connectivity index (χ2n) is 4.59. The topological polar surface area (TPSA) is 30.2 Å². The van der Waals surface area contributed by atoms with Crippen molar-refractivity contribution in [1.82, 2.24) is 0 Å². The number of thioether (sulfide) groups is 2. The summed E-state index contributed by atoms with van der Waals surface area (Å²) in [5.41, 5.74) is 1.27. The molecule has 0 aromatic carbocycles. The second-order valence-corrected chi connectivity index (χ2v) is 6.48. The van der Waals surface area contributed by atoms with Crippen LogP contribution < -0.4 is 0 Å². The molecule has 2 nitrogen and oxygen atoms in total. The molecule has 102 valence electrons. The highest BCUT2D eigenvalue weighted by Crippen LogP contribution is 2.42. The van der Waals surface area contributed by atoms with Crippen LogP contribution in [0.2, 0.25) is 0 Å². The molecule has 0 saturated heterocycles. The Morgan fingerprint density at radius 1 is 1.42 bits per heavy atom. The highest BCUT2D eigenvalue weighted by Gasteiger charge is 2.42. The molecule has 0 radical (unpaired) electrons. The molecule has 1 aliphatic carbocycles. The lowest BCUT2D eigenvalue weighted by molar-refractivity contribution is 0.0936. The van der Waals surface area contributed by atoms with Crippen LogP contribution in [-0.4, -0.2) is 18.3 Å². The molecule has 1 aliphatic rings. The monoisotopic (exact) mass is 294 g/mol. The fraction of sp³-hybridized carbons (Fsp3) is 0.400. The predicted octanol–water partition coefficient (Wildman–Crippen LogP) is 4.61. The number of carbonyl (C=O) groups excluding carboxylic acids is 1. The molecule has 1 aromatic heterocycles. The molecule has 0 bridgehead atoms. The molecule has 1 aromatic rings. The van der Waals surface area contributed by atoms with Gasteiger partial charge in [-0.2, -0.15) is 0 Å². The lowest BCUT2D eigenvalue weighted by Crippen LogP contribution is -2.00. The standard InChI is InChI=1S/C15H18O2S2/c1-10(15(18-2)19-3)6-7-11-9-12(11)14(16)13-5-4-8-17-13/h4-8,11-12H,9H2,1-3H3/b7-6+. The van der Waals surface area contributed by atoms with Gasteiger partial charge in [0.1, 0.15) is 0 Å². The number of hydrogen-bond donors (Lipinski definition) is 0. The van der Waals surface area contributed by atoms with Crippen LogP contribution in [0.3, 0.4) is 0 Å². The van der Waals surface area contributed by atoms with E-state index >= 15 is 0 Å². The number of Topliss-reactive ketones (excluding diaryl/α,β-unsaturated/α-hetero) is 1. The van der Waals surface area contributed by atoms with Gasteiger partial charge in [0, 0.05) is 10.2 Å². The Balaban J connectivity index is 1.94. The van der Waals surface area contributed by atoms with Crippen molar-refractivity contribution in [1.29, 1.82) is 0 Å². The van der Waals surface area contributed by atoms with Gasteiger partial charge in [0.2, 0.25) is 5.78 Å². The van der Waals surface area contributed by atoms with Gasteiger partial charge in [-0.1, -0.05) is 12.2 Å². The van der Waals surface area contributed by atoms with Crippen molar-refractivity contribution in [2.75, 3.05) is 12.5 Å². The minimum atomic E-state index is 0.113. The fourth-order valence-corrected chi connectivity index (χ4v) is 3.52. The lowest BCUT2D eigenvalue weighted by Gasteiger charge is -2.01. The third-order valence-corrected chi connectivity index (χ3v) is 5.61. The SMILES string of the molecule is CSC(SC)=C(C)/C=C/C1CC1C(=O)c1ccco1. The highest BCUT2D eigenvalue weighted by molar-refractivity contribution is 8.21. The molecule has 2 atom stereocenters. The van der Waals surface area contributed by atoms with E-state index in [1.165, 1.54) is 9.81 Å². The van der Waals surface area contributed by atoms with Crippen molar-refractivity contribution < 1.29 is 9.21 Å². The number of ketones is 1. The first-order valence-electron chi connectivity index (χ1n) is 6.22. The molecular weight excluding hydrogens is 276 g/mol. The van der Waals surface area contributed by atoms with Crippen molar-refractivity contribution in [3.8, 4) is 0 Å². The normalized spacial score (nSPS) is 21.6.